The molecule has 152 valence electrons. The molecule has 1 amide bonds. The quantitative estimate of drug-likeness (QED) is 0.279. The summed E-state index contributed by atoms with van der Waals surface area (Å²) in [6, 6.07) is 10.4. The number of amides is 1. The Morgan fingerprint density at radius 1 is 1.21 bits per heavy atom. The van der Waals surface area contributed by atoms with Gasteiger partial charge in [-0.3, -0.25) is 9.79 Å². The van der Waals surface area contributed by atoms with Crippen LogP contribution in [0.25, 0.3) is 0 Å². The van der Waals surface area contributed by atoms with Crippen LogP contribution in [-0.4, -0.2) is 42.9 Å². The number of nitrogens with one attached hydrogen (secondary N) is 2. The van der Waals surface area contributed by atoms with Gasteiger partial charge in [0.2, 0.25) is 0 Å². The van der Waals surface area contributed by atoms with Crippen molar-refractivity contribution in [3.05, 3.63) is 59.0 Å². The van der Waals surface area contributed by atoms with Crippen molar-refractivity contribution < 1.29 is 9.21 Å². The van der Waals surface area contributed by atoms with Crippen molar-refractivity contribution in [3.63, 3.8) is 0 Å². The summed E-state index contributed by atoms with van der Waals surface area (Å²) in [7, 11) is 0. The van der Waals surface area contributed by atoms with Crippen molar-refractivity contribution in [1.82, 2.24) is 15.5 Å². The lowest BCUT2D eigenvalue weighted by molar-refractivity contribution is 0.0925. The minimum absolute atomic E-state index is 0. The second-order valence-electron chi connectivity index (χ2n) is 6.72. The van der Waals surface area contributed by atoms with Crippen LogP contribution in [-0.2, 0) is 13.0 Å². The monoisotopic (exact) mass is 496 g/mol. The van der Waals surface area contributed by atoms with Gasteiger partial charge in [0.15, 0.2) is 11.7 Å². The number of guanidine groups is 1. The molecule has 0 radical (unpaired) electrons. The van der Waals surface area contributed by atoms with Gasteiger partial charge < -0.3 is 20.0 Å². The van der Waals surface area contributed by atoms with Gasteiger partial charge in [-0.2, -0.15) is 0 Å². The average molecular weight is 496 g/mol. The summed E-state index contributed by atoms with van der Waals surface area (Å²) in [4.78, 5) is 19.1. The number of nitrogens with zero attached hydrogens (tertiary/aromatic N) is 2. The molecule has 0 fully saturated rings. The molecular formula is C21H29IN4O2. The molecule has 28 heavy (non-hydrogen) atoms. The predicted octanol–water partition coefficient (Wildman–Crippen LogP) is 3.35. The van der Waals surface area contributed by atoms with E-state index in [1.54, 1.807) is 6.07 Å². The molecule has 0 unspecified atom stereocenters. The number of aliphatic imine (C=N–C) groups is 1. The Bertz CT molecular complexity index is 803. The van der Waals surface area contributed by atoms with Gasteiger partial charge in [-0.1, -0.05) is 24.3 Å². The van der Waals surface area contributed by atoms with E-state index in [2.05, 4.69) is 46.7 Å². The normalized spacial score (nSPS) is 13.5. The topological polar surface area (TPSA) is 69.9 Å². The zero-order chi connectivity index (χ0) is 19.1. The molecule has 7 heteroatoms. The van der Waals surface area contributed by atoms with Gasteiger partial charge in [-0.15, -0.1) is 24.0 Å². The molecule has 0 saturated carbocycles. The van der Waals surface area contributed by atoms with E-state index in [-0.39, 0.29) is 29.9 Å². The number of halogens is 1. The zero-order valence-electron chi connectivity index (χ0n) is 16.5. The third-order valence-corrected chi connectivity index (χ3v) is 4.72. The van der Waals surface area contributed by atoms with Gasteiger partial charge in [0, 0.05) is 38.3 Å². The fourth-order valence-electron chi connectivity index (χ4n) is 3.25. The number of furan rings is 1. The lowest BCUT2D eigenvalue weighted by Gasteiger charge is -2.31. The largest absolute Gasteiger partial charge is 0.459 e. The lowest BCUT2D eigenvalue weighted by Crippen LogP contribution is -2.44. The standard InChI is InChI=1S/C21H28N4O2.HI/c1-3-22-21(25-13-9-17-7-4-5-8-18(17)15-25)24-12-6-11-23-20(26)19-16(2)10-14-27-19;/h4-5,7-8,10,14H,3,6,9,11-13,15H2,1-2H3,(H,22,24)(H,23,26);1H. The van der Waals surface area contributed by atoms with Crippen molar-refractivity contribution in [2.45, 2.75) is 33.2 Å². The Balaban J connectivity index is 0.00000280. The minimum atomic E-state index is -0.166. The smallest absolute Gasteiger partial charge is 0.287 e. The van der Waals surface area contributed by atoms with Crippen molar-refractivity contribution >= 4 is 35.8 Å². The van der Waals surface area contributed by atoms with Crippen molar-refractivity contribution in [1.29, 1.82) is 0 Å². The summed E-state index contributed by atoms with van der Waals surface area (Å²) in [5.74, 6) is 1.17. The Hall–Kier alpha value is -2.03. The molecule has 2 N–H and O–H groups in total. The highest BCUT2D eigenvalue weighted by molar-refractivity contribution is 14.0. The SMILES string of the molecule is CCNC(=NCCCNC(=O)c1occc1C)N1CCc2ccccc2C1.I. The Morgan fingerprint density at radius 2 is 2.00 bits per heavy atom. The number of hydrogen-bond acceptors (Lipinski definition) is 3. The molecule has 0 spiro atoms. The summed E-state index contributed by atoms with van der Waals surface area (Å²) in [5, 5.41) is 6.27. The number of hydrogen-bond donors (Lipinski definition) is 2. The van der Waals surface area contributed by atoms with Gasteiger partial charge in [0.25, 0.3) is 5.91 Å². The van der Waals surface area contributed by atoms with E-state index in [4.69, 9.17) is 9.41 Å². The van der Waals surface area contributed by atoms with Crippen molar-refractivity contribution in [2.24, 2.45) is 4.99 Å². The van der Waals surface area contributed by atoms with Gasteiger partial charge in [0.05, 0.1) is 6.26 Å². The third-order valence-electron chi connectivity index (χ3n) is 4.72. The molecule has 3 rings (SSSR count). The van der Waals surface area contributed by atoms with Gasteiger partial charge >= 0.3 is 0 Å². The number of carbonyl (C=O) groups is 1. The fraction of sp³-hybridized carbons (Fsp3) is 0.429. The molecule has 0 saturated heterocycles. The van der Waals surface area contributed by atoms with Crippen LogP contribution in [0.4, 0.5) is 0 Å². The van der Waals surface area contributed by atoms with Crippen LogP contribution in [0.1, 0.15) is 40.6 Å². The first-order valence-corrected chi connectivity index (χ1v) is 9.61. The molecule has 1 aliphatic rings. The summed E-state index contributed by atoms with van der Waals surface area (Å²) in [5.41, 5.74) is 3.65. The average Bonchev–Trinajstić information content (AvgIpc) is 3.12. The summed E-state index contributed by atoms with van der Waals surface area (Å²) < 4.78 is 5.21. The van der Waals surface area contributed by atoms with E-state index in [1.807, 2.05) is 6.92 Å². The van der Waals surface area contributed by atoms with Gasteiger partial charge in [0.1, 0.15) is 0 Å². The zero-order valence-corrected chi connectivity index (χ0v) is 18.9. The van der Waals surface area contributed by atoms with Crippen LogP contribution in [0.2, 0.25) is 0 Å². The van der Waals surface area contributed by atoms with E-state index in [9.17, 15) is 4.79 Å². The van der Waals surface area contributed by atoms with Crippen LogP contribution < -0.4 is 10.6 Å². The first kappa shape index (κ1) is 22.3. The highest BCUT2D eigenvalue weighted by atomic mass is 127. The van der Waals surface area contributed by atoms with Crippen molar-refractivity contribution in [3.8, 4) is 0 Å². The third kappa shape index (κ3) is 5.73. The van der Waals surface area contributed by atoms with Crippen molar-refractivity contribution in [2.75, 3.05) is 26.2 Å². The van der Waals surface area contributed by atoms with E-state index in [0.29, 0.717) is 18.8 Å². The van der Waals surface area contributed by atoms with E-state index >= 15 is 0 Å². The molecule has 0 atom stereocenters. The number of rotatable bonds is 6. The highest BCUT2D eigenvalue weighted by Gasteiger charge is 2.18. The summed E-state index contributed by atoms with van der Waals surface area (Å²) >= 11 is 0. The lowest BCUT2D eigenvalue weighted by atomic mass is 10.0. The predicted molar refractivity (Wildman–Crippen MR) is 122 cm³/mol. The Kier molecular flexibility index (Phi) is 8.82. The highest BCUT2D eigenvalue weighted by Crippen LogP contribution is 2.18. The van der Waals surface area contributed by atoms with Gasteiger partial charge in [-0.05, 0) is 43.9 Å². The Morgan fingerprint density at radius 3 is 2.71 bits per heavy atom. The number of aryl methyl sites for hydroxylation is 1. The van der Waals surface area contributed by atoms with E-state index in [0.717, 1.165) is 44.0 Å². The second-order valence-corrected chi connectivity index (χ2v) is 6.72. The first-order valence-electron chi connectivity index (χ1n) is 9.61. The van der Waals surface area contributed by atoms with Gasteiger partial charge in [-0.25, -0.2) is 0 Å². The summed E-state index contributed by atoms with van der Waals surface area (Å²) in [6.45, 7) is 7.88. The number of carbonyl (C=O) groups excluding carboxylic acids is 1. The Labute approximate surface area is 183 Å². The second kappa shape index (κ2) is 11.1. The maximum atomic E-state index is 12.0. The first-order chi connectivity index (χ1) is 13.2. The minimum Gasteiger partial charge on any atom is -0.459 e. The molecule has 0 bridgehead atoms. The molecular weight excluding hydrogens is 467 g/mol. The molecule has 2 aromatic rings. The van der Waals surface area contributed by atoms with E-state index in [1.165, 1.54) is 17.4 Å². The van der Waals surface area contributed by atoms with Crippen LogP contribution in [0.3, 0.4) is 0 Å². The number of fused-ring (bicyclic) bond motifs is 1. The fourth-order valence-corrected chi connectivity index (χ4v) is 3.25. The molecule has 6 nitrogen and oxygen atoms in total. The number of benzene rings is 1. The van der Waals surface area contributed by atoms with Crippen LogP contribution in [0.5, 0.6) is 0 Å². The van der Waals surface area contributed by atoms with Crippen LogP contribution >= 0.6 is 24.0 Å². The van der Waals surface area contributed by atoms with Crippen LogP contribution in [0, 0.1) is 6.92 Å². The molecule has 1 aromatic heterocycles. The van der Waals surface area contributed by atoms with Crippen LogP contribution in [0.15, 0.2) is 46.0 Å². The maximum Gasteiger partial charge on any atom is 0.287 e. The maximum absolute atomic E-state index is 12.0. The molecule has 2 heterocycles. The molecule has 1 aliphatic heterocycles. The summed E-state index contributed by atoms with van der Waals surface area (Å²) in [6.07, 6.45) is 3.36. The van der Waals surface area contributed by atoms with E-state index < -0.39 is 0 Å². The molecule has 0 aliphatic carbocycles. The molecule has 1 aromatic carbocycles.